The van der Waals surface area contributed by atoms with Crippen molar-refractivity contribution in [2.24, 2.45) is 5.92 Å². The first kappa shape index (κ1) is 25.1. The van der Waals surface area contributed by atoms with Crippen LogP contribution in [0.2, 0.25) is 0 Å². The molecule has 184 valence electrons. The number of carbonyl (C=O) groups excluding carboxylic acids is 1. The number of benzene rings is 3. The number of nitrogens with one attached hydrogen (secondary N) is 2. The Kier molecular flexibility index (Phi) is 7.43. The number of anilines is 1. The Labute approximate surface area is 209 Å². The summed E-state index contributed by atoms with van der Waals surface area (Å²) in [7, 11) is -3.38. The second-order valence-electron chi connectivity index (χ2n) is 10.3. The van der Waals surface area contributed by atoms with Crippen molar-refractivity contribution >= 4 is 21.6 Å². The number of carbonyl (C=O) groups is 1. The Morgan fingerprint density at radius 1 is 0.714 bits per heavy atom. The van der Waals surface area contributed by atoms with Crippen molar-refractivity contribution in [1.82, 2.24) is 4.72 Å². The molecule has 0 aromatic heterocycles. The van der Waals surface area contributed by atoms with Gasteiger partial charge in [-0.15, -0.1) is 0 Å². The van der Waals surface area contributed by atoms with E-state index in [9.17, 15) is 13.2 Å². The van der Waals surface area contributed by atoms with Crippen molar-refractivity contribution in [2.45, 2.75) is 57.2 Å². The smallest absolute Gasteiger partial charge is 0.227 e. The maximum absolute atomic E-state index is 12.8. The van der Waals surface area contributed by atoms with Crippen LogP contribution in [-0.2, 0) is 14.8 Å². The number of sulfonamides is 1. The highest BCUT2D eigenvalue weighted by Crippen LogP contribution is 2.29. The molecule has 3 aromatic carbocycles. The lowest BCUT2D eigenvalue weighted by Gasteiger charge is -2.30. The molecule has 1 aliphatic rings. The zero-order chi connectivity index (χ0) is 25.1. The summed E-state index contributed by atoms with van der Waals surface area (Å²) >= 11 is 0. The third-order valence-electron chi connectivity index (χ3n) is 6.70. The van der Waals surface area contributed by atoms with Gasteiger partial charge in [0.1, 0.15) is 0 Å². The van der Waals surface area contributed by atoms with Gasteiger partial charge in [0, 0.05) is 17.6 Å². The molecule has 0 heterocycles. The maximum Gasteiger partial charge on any atom is 0.227 e. The maximum atomic E-state index is 12.8. The Morgan fingerprint density at radius 2 is 1.17 bits per heavy atom. The molecule has 6 heteroatoms. The predicted molar refractivity (Wildman–Crippen MR) is 143 cm³/mol. The Bertz CT molecular complexity index is 1240. The zero-order valence-corrected chi connectivity index (χ0v) is 21.4. The van der Waals surface area contributed by atoms with E-state index in [1.807, 2.05) is 42.5 Å². The van der Waals surface area contributed by atoms with Crippen LogP contribution >= 0.6 is 0 Å². The minimum Gasteiger partial charge on any atom is -0.326 e. The fraction of sp³-hybridized carbons (Fsp3) is 0.345. The molecule has 0 bridgehead atoms. The van der Waals surface area contributed by atoms with Crippen molar-refractivity contribution in [3.63, 3.8) is 0 Å². The summed E-state index contributed by atoms with van der Waals surface area (Å²) < 4.78 is 26.8. The summed E-state index contributed by atoms with van der Waals surface area (Å²) in [6, 6.07) is 26.6. The molecule has 0 saturated heterocycles. The third-order valence-corrected chi connectivity index (χ3v) is 8.96. The van der Waals surface area contributed by atoms with Crippen LogP contribution in [0.15, 0.2) is 78.9 Å². The molecule has 35 heavy (non-hydrogen) atoms. The van der Waals surface area contributed by atoms with E-state index in [4.69, 9.17) is 0 Å². The van der Waals surface area contributed by atoms with E-state index in [0.717, 1.165) is 16.8 Å². The molecule has 0 unspecified atom stereocenters. The highest BCUT2D eigenvalue weighted by atomic mass is 32.2. The monoisotopic (exact) mass is 490 g/mol. The summed E-state index contributed by atoms with van der Waals surface area (Å²) in [5.41, 5.74) is 5.36. The van der Waals surface area contributed by atoms with Crippen LogP contribution in [-0.4, -0.2) is 25.1 Å². The van der Waals surface area contributed by atoms with E-state index in [1.165, 1.54) is 11.1 Å². The van der Waals surface area contributed by atoms with Crippen LogP contribution in [0, 0.1) is 5.92 Å². The molecule has 0 spiro atoms. The van der Waals surface area contributed by atoms with Crippen molar-refractivity contribution in [1.29, 1.82) is 0 Å². The summed E-state index contributed by atoms with van der Waals surface area (Å²) in [4.78, 5) is 12.8. The molecule has 1 fully saturated rings. The van der Waals surface area contributed by atoms with Crippen LogP contribution < -0.4 is 10.0 Å². The van der Waals surface area contributed by atoms with E-state index in [1.54, 1.807) is 20.8 Å². The van der Waals surface area contributed by atoms with Crippen LogP contribution in [0.25, 0.3) is 22.3 Å². The minimum absolute atomic E-state index is 0.00194. The molecule has 4 rings (SSSR count). The summed E-state index contributed by atoms with van der Waals surface area (Å²) in [5, 5.41) is 3.03. The van der Waals surface area contributed by atoms with Gasteiger partial charge in [-0.25, -0.2) is 13.1 Å². The van der Waals surface area contributed by atoms with Gasteiger partial charge in [-0.05, 0) is 80.8 Å². The van der Waals surface area contributed by atoms with Gasteiger partial charge in [-0.1, -0.05) is 66.7 Å². The molecule has 1 aliphatic carbocycles. The molecule has 0 aliphatic heterocycles. The fourth-order valence-electron chi connectivity index (χ4n) is 4.35. The van der Waals surface area contributed by atoms with Crippen molar-refractivity contribution < 1.29 is 13.2 Å². The summed E-state index contributed by atoms with van der Waals surface area (Å²) in [6.07, 6.45) is 2.70. The zero-order valence-electron chi connectivity index (χ0n) is 20.6. The second kappa shape index (κ2) is 10.3. The molecule has 3 aromatic rings. The van der Waals surface area contributed by atoms with Gasteiger partial charge in [-0.2, -0.15) is 0 Å². The van der Waals surface area contributed by atoms with Crippen LogP contribution in [0.3, 0.4) is 0 Å². The van der Waals surface area contributed by atoms with Crippen molar-refractivity contribution in [3.8, 4) is 22.3 Å². The quantitative estimate of drug-likeness (QED) is 0.430. The lowest BCUT2D eigenvalue weighted by Crippen LogP contribution is -2.46. The van der Waals surface area contributed by atoms with Gasteiger partial charge >= 0.3 is 0 Å². The topological polar surface area (TPSA) is 75.3 Å². The standard InChI is InChI=1S/C29H34N2O3S/c1-29(2,3)35(33,34)31-27-19-15-25(16-20-27)28(32)30-26-17-13-24(14-18-26)23-11-9-22(10-12-23)21-7-5-4-6-8-21/h4-14,17-18,25,27,31H,15-16,19-20H2,1-3H3,(H,30,32)/t25-,27-. The molecule has 1 amide bonds. The molecule has 0 radical (unpaired) electrons. The van der Waals surface area contributed by atoms with Crippen molar-refractivity contribution in [3.05, 3.63) is 78.9 Å². The third kappa shape index (κ3) is 6.19. The number of amides is 1. The van der Waals surface area contributed by atoms with E-state index in [0.29, 0.717) is 25.7 Å². The molecule has 2 N–H and O–H groups in total. The van der Waals surface area contributed by atoms with E-state index in [-0.39, 0.29) is 17.9 Å². The molecular formula is C29H34N2O3S. The number of hydrogen-bond acceptors (Lipinski definition) is 3. The van der Waals surface area contributed by atoms with Gasteiger partial charge < -0.3 is 5.32 Å². The fourth-order valence-corrected chi connectivity index (χ4v) is 5.37. The van der Waals surface area contributed by atoms with E-state index >= 15 is 0 Å². The minimum atomic E-state index is -3.38. The Balaban J connectivity index is 1.31. The number of rotatable bonds is 6. The average Bonchev–Trinajstić information content (AvgIpc) is 2.85. The van der Waals surface area contributed by atoms with Gasteiger partial charge in [0.05, 0.1) is 4.75 Å². The lowest BCUT2D eigenvalue weighted by atomic mass is 9.86. The Morgan fingerprint density at radius 3 is 1.66 bits per heavy atom. The molecule has 1 saturated carbocycles. The van der Waals surface area contributed by atoms with E-state index < -0.39 is 14.8 Å². The normalized spacial score (nSPS) is 18.7. The summed E-state index contributed by atoms with van der Waals surface area (Å²) in [6.45, 7) is 5.08. The van der Waals surface area contributed by atoms with Crippen LogP contribution in [0.1, 0.15) is 46.5 Å². The van der Waals surface area contributed by atoms with Gasteiger partial charge in [0.15, 0.2) is 0 Å². The Hall–Kier alpha value is -2.96. The lowest BCUT2D eigenvalue weighted by molar-refractivity contribution is -0.120. The molecular weight excluding hydrogens is 456 g/mol. The van der Waals surface area contributed by atoms with Gasteiger partial charge in [-0.3, -0.25) is 4.79 Å². The van der Waals surface area contributed by atoms with E-state index in [2.05, 4.69) is 46.4 Å². The second-order valence-corrected chi connectivity index (χ2v) is 12.8. The first-order chi connectivity index (χ1) is 16.6. The van der Waals surface area contributed by atoms with Crippen LogP contribution in [0.4, 0.5) is 5.69 Å². The van der Waals surface area contributed by atoms with Crippen molar-refractivity contribution in [2.75, 3.05) is 5.32 Å². The number of hydrogen-bond donors (Lipinski definition) is 2. The summed E-state index contributed by atoms with van der Waals surface area (Å²) in [5.74, 6) is -0.0994. The predicted octanol–water partition coefficient (Wildman–Crippen LogP) is 6.24. The van der Waals surface area contributed by atoms with Gasteiger partial charge in [0.2, 0.25) is 15.9 Å². The average molecular weight is 491 g/mol. The SMILES string of the molecule is CC(C)(C)S(=O)(=O)N[C@H]1CC[C@H](C(=O)Nc2ccc(-c3ccc(-c4ccccc4)cc3)cc2)CC1. The highest BCUT2D eigenvalue weighted by molar-refractivity contribution is 7.90. The first-order valence-corrected chi connectivity index (χ1v) is 13.7. The van der Waals surface area contributed by atoms with Gasteiger partial charge in [0.25, 0.3) is 0 Å². The van der Waals surface area contributed by atoms with Crippen LogP contribution in [0.5, 0.6) is 0 Å². The largest absolute Gasteiger partial charge is 0.326 e. The highest BCUT2D eigenvalue weighted by Gasteiger charge is 2.34. The molecule has 0 atom stereocenters. The first-order valence-electron chi connectivity index (χ1n) is 12.2. The molecule has 5 nitrogen and oxygen atoms in total.